The highest BCUT2D eigenvalue weighted by molar-refractivity contribution is 5.82. The van der Waals surface area contributed by atoms with Gasteiger partial charge in [0, 0.05) is 17.7 Å². The highest BCUT2D eigenvalue weighted by atomic mass is 16.5. The van der Waals surface area contributed by atoms with Gasteiger partial charge in [0.05, 0.1) is 25.1 Å². The minimum Gasteiger partial charge on any atom is -0.493 e. The number of nitrogens with zero attached hydrogens (tertiary/aromatic N) is 3. The van der Waals surface area contributed by atoms with Gasteiger partial charge in [-0.25, -0.2) is 4.79 Å². The fourth-order valence-electron chi connectivity index (χ4n) is 4.11. The molecule has 0 unspecified atom stereocenters. The van der Waals surface area contributed by atoms with Crippen molar-refractivity contribution in [2.24, 2.45) is 0 Å². The molecule has 5 aromatic rings. The number of aryl methyl sites for hydroxylation is 1. The average Bonchev–Trinajstić information content (AvgIpc) is 3.41. The molecule has 0 saturated carbocycles. The third-order valence-electron chi connectivity index (χ3n) is 5.99. The van der Waals surface area contributed by atoms with Crippen LogP contribution in [0, 0.1) is 0 Å². The van der Waals surface area contributed by atoms with Crippen LogP contribution in [0.4, 0.5) is 0 Å². The Morgan fingerprint density at radius 1 is 0.917 bits per heavy atom. The van der Waals surface area contributed by atoms with Crippen molar-refractivity contribution < 1.29 is 14.0 Å². The molecule has 2 aromatic heterocycles. The molecule has 5 rings (SSSR count). The summed E-state index contributed by atoms with van der Waals surface area (Å²) in [6, 6.07) is 20.3. The lowest BCUT2D eigenvalue weighted by atomic mass is 10.1. The molecule has 0 aliphatic heterocycles. The van der Waals surface area contributed by atoms with Gasteiger partial charge in [-0.2, -0.15) is 4.98 Å². The fraction of sp³-hybridized carbons (Fsp3) is 0.185. The lowest BCUT2D eigenvalue weighted by molar-refractivity contribution is 0.355. The van der Waals surface area contributed by atoms with Crippen LogP contribution in [0.25, 0.3) is 33.7 Å². The molecule has 0 fully saturated rings. The number of H-pyrrole nitrogens is 1. The fourth-order valence-corrected chi connectivity index (χ4v) is 4.11. The van der Waals surface area contributed by atoms with E-state index in [2.05, 4.69) is 15.1 Å². The smallest absolute Gasteiger partial charge is 0.328 e. The summed E-state index contributed by atoms with van der Waals surface area (Å²) in [6.07, 6.45) is 1.46. The molecule has 182 valence electrons. The van der Waals surface area contributed by atoms with E-state index in [1.165, 1.54) is 10.1 Å². The maximum absolute atomic E-state index is 13.0. The van der Waals surface area contributed by atoms with Gasteiger partial charge in [0.1, 0.15) is 0 Å². The first-order chi connectivity index (χ1) is 17.6. The minimum absolute atomic E-state index is 0.259. The second-order valence-electron chi connectivity index (χ2n) is 8.23. The van der Waals surface area contributed by atoms with Crippen molar-refractivity contribution in [2.75, 3.05) is 14.2 Å². The number of benzene rings is 3. The standard InChI is InChI=1S/C27H24N4O5/c1-34-22-13-11-18(16-23(22)35-2)24-29-25(36-30-24)19-10-12-20-21(15-19)28-27(33)31(26(20)32)14-6-9-17-7-4-3-5-8-17/h3-5,7-8,10-13,15-16H,6,9,14H2,1-2H3,(H,28,33). The number of aromatic nitrogens is 4. The predicted molar refractivity (Wildman–Crippen MR) is 135 cm³/mol. The van der Waals surface area contributed by atoms with Crippen molar-refractivity contribution in [3.63, 3.8) is 0 Å². The predicted octanol–water partition coefficient (Wildman–Crippen LogP) is 4.06. The number of ether oxygens (including phenoxy) is 2. The number of hydrogen-bond acceptors (Lipinski definition) is 7. The third kappa shape index (κ3) is 4.50. The van der Waals surface area contributed by atoms with E-state index in [0.717, 1.165) is 6.42 Å². The van der Waals surface area contributed by atoms with Crippen molar-refractivity contribution in [1.29, 1.82) is 0 Å². The van der Waals surface area contributed by atoms with Crippen molar-refractivity contribution in [2.45, 2.75) is 19.4 Å². The topological polar surface area (TPSA) is 112 Å². The van der Waals surface area contributed by atoms with Crippen LogP contribution in [0.15, 0.2) is 80.8 Å². The van der Waals surface area contributed by atoms with E-state index in [9.17, 15) is 9.59 Å². The van der Waals surface area contributed by atoms with Gasteiger partial charge in [0.15, 0.2) is 11.5 Å². The van der Waals surface area contributed by atoms with Gasteiger partial charge in [-0.05, 0) is 54.8 Å². The zero-order valence-electron chi connectivity index (χ0n) is 19.9. The molecule has 0 aliphatic carbocycles. The van der Waals surface area contributed by atoms with Crippen molar-refractivity contribution in [3.05, 3.63) is 93.1 Å². The first kappa shape index (κ1) is 23.1. The molecule has 9 nitrogen and oxygen atoms in total. The number of aromatic amines is 1. The Bertz CT molecular complexity index is 1640. The number of nitrogens with one attached hydrogen (secondary N) is 1. The summed E-state index contributed by atoms with van der Waals surface area (Å²) in [7, 11) is 3.12. The number of rotatable bonds is 8. The Morgan fingerprint density at radius 2 is 1.69 bits per heavy atom. The van der Waals surface area contributed by atoms with Gasteiger partial charge in [-0.3, -0.25) is 9.36 Å². The van der Waals surface area contributed by atoms with Gasteiger partial charge < -0.3 is 19.0 Å². The molecule has 36 heavy (non-hydrogen) atoms. The third-order valence-corrected chi connectivity index (χ3v) is 5.99. The van der Waals surface area contributed by atoms with Gasteiger partial charge in [-0.15, -0.1) is 0 Å². The van der Waals surface area contributed by atoms with Crippen molar-refractivity contribution in [1.82, 2.24) is 19.7 Å². The molecule has 0 radical (unpaired) electrons. The number of methoxy groups -OCH3 is 2. The average molecular weight is 485 g/mol. The van der Waals surface area contributed by atoms with Crippen molar-refractivity contribution >= 4 is 10.9 Å². The van der Waals surface area contributed by atoms with Crippen LogP contribution >= 0.6 is 0 Å². The molecule has 0 saturated heterocycles. The van der Waals surface area contributed by atoms with Crippen molar-refractivity contribution in [3.8, 4) is 34.3 Å². The van der Waals surface area contributed by atoms with Gasteiger partial charge in [0.25, 0.3) is 11.4 Å². The zero-order valence-corrected chi connectivity index (χ0v) is 19.9. The van der Waals surface area contributed by atoms with Gasteiger partial charge in [-0.1, -0.05) is 35.5 Å². The SMILES string of the molecule is COc1ccc(-c2noc(-c3ccc4c(=O)n(CCCc5ccccc5)c(=O)[nH]c4c3)n2)cc1OC. The largest absolute Gasteiger partial charge is 0.493 e. The molecule has 1 N–H and O–H groups in total. The van der Waals surface area contributed by atoms with Crippen LogP contribution in [0.5, 0.6) is 11.5 Å². The summed E-state index contributed by atoms with van der Waals surface area (Å²) in [5, 5.41) is 4.48. The van der Waals surface area contributed by atoms with Crippen LogP contribution in [0.3, 0.4) is 0 Å². The van der Waals surface area contributed by atoms with E-state index in [1.54, 1.807) is 50.6 Å². The Hall–Kier alpha value is -4.66. The van der Waals surface area contributed by atoms with E-state index >= 15 is 0 Å². The maximum atomic E-state index is 13.0. The van der Waals surface area contributed by atoms with Crippen LogP contribution in [0.2, 0.25) is 0 Å². The van der Waals surface area contributed by atoms with E-state index in [-0.39, 0.29) is 11.4 Å². The summed E-state index contributed by atoms with van der Waals surface area (Å²) in [5.41, 5.74) is 2.07. The van der Waals surface area contributed by atoms with Crippen LogP contribution in [0.1, 0.15) is 12.0 Å². The molecular formula is C27H24N4O5. The van der Waals surface area contributed by atoms with E-state index in [4.69, 9.17) is 14.0 Å². The summed E-state index contributed by atoms with van der Waals surface area (Å²) in [6.45, 7) is 0.332. The summed E-state index contributed by atoms with van der Waals surface area (Å²) in [4.78, 5) is 33.0. The van der Waals surface area contributed by atoms with Crippen LogP contribution < -0.4 is 20.7 Å². The van der Waals surface area contributed by atoms with Gasteiger partial charge in [0.2, 0.25) is 5.82 Å². The quantitative estimate of drug-likeness (QED) is 0.353. The molecular weight excluding hydrogens is 460 g/mol. The molecule has 0 aliphatic rings. The molecule has 0 bridgehead atoms. The second kappa shape index (κ2) is 9.91. The normalized spacial score (nSPS) is 11.1. The summed E-state index contributed by atoms with van der Waals surface area (Å²) in [5.74, 6) is 1.77. The molecule has 2 heterocycles. The first-order valence-corrected chi connectivity index (χ1v) is 11.4. The van der Waals surface area contributed by atoms with Gasteiger partial charge >= 0.3 is 5.69 Å². The van der Waals surface area contributed by atoms with Crippen LogP contribution in [-0.2, 0) is 13.0 Å². The van der Waals surface area contributed by atoms with E-state index < -0.39 is 5.69 Å². The maximum Gasteiger partial charge on any atom is 0.328 e. The molecule has 9 heteroatoms. The summed E-state index contributed by atoms with van der Waals surface area (Å²) >= 11 is 0. The molecule has 0 amide bonds. The first-order valence-electron chi connectivity index (χ1n) is 11.4. The van der Waals surface area contributed by atoms with E-state index in [0.29, 0.717) is 52.3 Å². The second-order valence-corrected chi connectivity index (χ2v) is 8.23. The van der Waals surface area contributed by atoms with E-state index in [1.807, 2.05) is 30.3 Å². The van der Waals surface area contributed by atoms with Crippen LogP contribution in [-0.4, -0.2) is 33.9 Å². The lowest BCUT2D eigenvalue weighted by Gasteiger charge is -2.07. The highest BCUT2D eigenvalue weighted by Crippen LogP contribution is 2.32. The minimum atomic E-state index is -0.450. The number of hydrogen-bond donors (Lipinski definition) is 1. The zero-order chi connectivity index (χ0) is 25.1. The molecule has 0 spiro atoms. The Labute approximate surface area is 205 Å². The molecule has 0 atom stereocenters. The lowest BCUT2D eigenvalue weighted by Crippen LogP contribution is -2.35. The molecule has 3 aromatic carbocycles. The Morgan fingerprint density at radius 3 is 2.47 bits per heavy atom. The summed E-state index contributed by atoms with van der Waals surface area (Å²) < 4.78 is 17.3. The highest BCUT2D eigenvalue weighted by Gasteiger charge is 2.15. The Kier molecular flexibility index (Phi) is 6.36. The number of fused-ring (bicyclic) bond motifs is 1. The Balaban J connectivity index is 1.40. The monoisotopic (exact) mass is 484 g/mol.